The summed E-state index contributed by atoms with van der Waals surface area (Å²) in [6.07, 6.45) is 0. The van der Waals surface area contributed by atoms with Crippen LogP contribution in [0.1, 0.15) is 5.56 Å². The predicted molar refractivity (Wildman–Crippen MR) is 84.0 cm³/mol. The van der Waals surface area contributed by atoms with E-state index in [1.54, 1.807) is 0 Å². The van der Waals surface area contributed by atoms with E-state index in [0.29, 0.717) is 13.2 Å². The fraction of sp³-hybridized carbons (Fsp3) is 0.250. The average molecular weight is 271 g/mol. The second-order valence-electron chi connectivity index (χ2n) is 4.86. The van der Waals surface area contributed by atoms with E-state index in [-0.39, 0.29) is 6.04 Å². The molecule has 0 bridgehead atoms. The lowest BCUT2D eigenvalue weighted by Crippen LogP contribution is -2.35. The molecule has 0 aliphatic carbocycles. The smallest absolute Gasteiger partial charge is 0.119 e. The van der Waals surface area contributed by atoms with Crippen LogP contribution in [0.4, 0.5) is 11.4 Å². The summed E-state index contributed by atoms with van der Waals surface area (Å²) in [5, 5.41) is 3.23. The Morgan fingerprint density at radius 2 is 1.95 bits per heavy atom. The van der Waals surface area contributed by atoms with Crippen molar-refractivity contribution in [3.8, 4) is 5.75 Å². The van der Waals surface area contributed by atoms with E-state index < -0.39 is 0 Å². The highest BCUT2D eigenvalue weighted by molar-refractivity contribution is 5.65. The molecule has 5 N–H and O–H groups in total. The highest BCUT2D eigenvalue weighted by Crippen LogP contribution is 2.16. The van der Waals surface area contributed by atoms with Gasteiger partial charge in [-0.05, 0) is 36.8 Å². The van der Waals surface area contributed by atoms with Crippen LogP contribution in [0.3, 0.4) is 0 Å². The molecule has 0 heterocycles. The molecule has 0 fully saturated rings. The minimum absolute atomic E-state index is 0.102. The van der Waals surface area contributed by atoms with E-state index in [9.17, 15) is 0 Å². The first-order chi connectivity index (χ1) is 9.65. The monoisotopic (exact) mass is 271 g/mol. The molecule has 0 saturated heterocycles. The number of ether oxygens (including phenoxy) is 1. The summed E-state index contributed by atoms with van der Waals surface area (Å²) >= 11 is 0. The van der Waals surface area contributed by atoms with E-state index in [2.05, 4.69) is 5.32 Å². The Morgan fingerprint density at radius 3 is 2.70 bits per heavy atom. The van der Waals surface area contributed by atoms with Crippen LogP contribution < -0.4 is 21.5 Å². The second kappa shape index (κ2) is 6.82. The summed E-state index contributed by atoms with van der Waals surface area (Å²) < 4.78 is 5.67. The molecule has 0 aliphatic rings. The maximum atomic E-state index is 6.03. The van der Waals surface area contributed by atoms with Gasteiger partial charge < -0.3 is 21.5 Å². The highest BCUT2D eigenvalue weighted by Gasteiger charge is 2.05. The summed E-state index contributed by atoms with van der Waals surface area (Å²) in [4.78, 5) is 0. The van der Waals surface area contributed by atoms with Crippen molar-refractivity contribution < 1.29 is 4.74 Å². The highest BCUT2D eigenvalue weighted by atomic mass is 16.5. The molecular formula is C16H21N3O. The molecule has 4 heteroatoms. The number of hydrogen-bond acceptors (Lipinski definition) is 4. The number of rotatable bonds is 6. The number of nitrogens with two attached hydrogens (primary N) is 2. The van der Waals surface area contributed by atoms with Crippen LogP contribution in [0.25, 0.3) is 0 Å². The molecule has 0 amide bonds. The molecular weight excluding hydrogens is 250 g/mol. The Morgan fingerprint density at radius 1 is 1.15 bits per heavy atom. The first-order valence-electron chi connectivity index (χ1n) is 6.68. The van der Waals surface area contributed by atoms with Gasteiger partial charge in [-0.2, -0.15) is 0 Å². The van der Waals surface area contributed by atoms with Gasteiger partial charge in [0.05, 0.1) is 17.4 Å². The second-order valence-corrected chi connectivity index (χ2v) is 4.86. The third-order valence-electron chi connectivity index (χ3n) is 2.97. The van der Waals surface area contributed by atoms with E-state index in [0.717, 1.165) is 17.1 Å². The molecule has 20 heavy (non-hydrogen) atoms. The van der Waals surface area contributed by atoms with Gasteiger partial charge in [0.2, 0.25) is 0 Å². The zero-order valence-electron chi connectivity index (χ0n) is 11.7. The van der Waals surface area contributed by atoms with Crippen LogP contribution in [-0.4, -0.2) is 19.2 Å². The molecule has 0 aromatic heterocycles. The van der Waals surface area contributed by atoms with E-state index >= 15 is 0 Å². The SMILES string of the molecule is Cc1cccc(OCC(N)CNc2ccccc2N)c1. The van der Waals surface area contributed by atoms with Crippen molar-refractivity contribution in [1.29, 1.82) is 0 Å². The maximum absolute atomic E-state index is 6.03. The first kappa shape index (κ1) is 14.2. The van der Waals surface area contributed by atoms with Gasteiger partial charge in [-0.3, -0.25) is 0 Å². The van der Waals surface area contributed by atoms with Crippen molar-refractivity contribution >= 4 is 11.4 Å². The Kier molecular flexibility index (Phi) is 4.85. The molecule has 0 saturated carbocycles. The van der Waals surface area contributed by atoms with Crippen molar-refractivity contribution in [3.05, 3.63) is 54.1 Å². The van der Waals surface area contributed by atoms with Crippen LogP contribution in [0.5, 0.6) is 5.75 Å². The minimum atomic E-state index is -0.102. The summed E-state index contributed by atoms with van der Waals surface area (Å²) in [5.74, 6) is 0.847. The molecule has 1 unspecified atom stereocenters. The molecule has 0 spiro atoms. The fourth-order valence-electron chi connectivity index (χ4n) is 1.87. The maximum Gasteiger partial charge on any atom is 0.119 e. The van der Waals surface area contributed by atoms with Gasteiger partial charge in [0.15, 0.2) is 0 Å². The normalized spacial score (nSPS) is 11.9. The van der Waals surface area contributed by atoms with E-state index in [1.807, 2.05) is 55.5 Å². The van der Waals surface area contributed by atoms with Gasteiger partial charge in [0.1, 0.15) is 12.4 Å². The summed E-state index contributed by atoms with van der Waals surface area (Å²) in [5.41, 5.74) is 14.7. The molecule has 106 valence electrons. The van der Waals surface area contributed by atoms with Gasteiger partial charge in [-0.25, -0.2) is 0 Å². The quantitative estimate of drug-likeness (QED) is 0.705. The number of benzene rings is 2. The van der Waals surface area contributed by atoms with E-state index in [1.165, 1.54) is 5.56 Å². The van der Waals surface area contributed by atoms with Crippen molar-refractivity contribution in [3.63, 3.8) is 0 Å². The van der Waals surface area contributed by atoms with Gasteiger partial charge in [-0.1, -0.05) is 24.3 Å². The molecule has 0 aliphatic heterocycles. The van der Waals surface area contributed by atoms with Crippen molar-refractivity contribution in [2.45, 2.75) is 13.0 Å². The lowest BCUT2D eigenvalue weighted by Gasteiger charge is -2.16. The van der Waals surface area contributed by atoms with Gasteiger partial charge in [0, 0.05) is 6.54 Å². The zero-order valence-corrected chi connectivity index (χ0v) is 11.7. The largest absolute Gasteiger partial charge is 0.492 e. The number of anilines is 2. The third kappa shape index (κ3) is 4.17. The number of nitrogens with one attached hydrogen (secondary N) is 1. The Balaban J connectivity index is 1.78. The van der Waals surface area contributed by atoms with E-state index in [4.69, 9.17) is 16.2 Å². The lowest BCUT2D eigenvalue weighted by atomic mass is 10.2. The first-order valence-corrected chi connectivity index (χ1v) is 6.68. The Hall–Kier alpha value is -2.20. The summed E-state index contributed by atoms with van der Waals surface area (Å²) in [6.45, 7) is 3.11. The lowest BCUT2D eigenvalue weighted by molar-refractivity contribution is 0.293. The predicted octanol–water partition coefficient (Wildman–Crippen LogP) is 2.40. The molecule has 4 nitrogen and oxygen atoms in total. The molecule has 0 radical (unpaired) electrons. The Bertz CT molecular complexity index is 557. The van der Waals surface area contributed by atoms with Crippen molar-refractivity contribution in [2.75, 3.05) is 24.2 Å². The van der Waals surface area contributed by atoms with Crippen molar-refractivity contribution in [1.82, 2.24) is 0 Å². The van der Waals surface area contributed by atoms with Crippen LogP contribution in [0.2, 0.25) is 0 Å². The number of hydrogen-bond donors (Lipinski definition) is 3. The fourth-order valence-corrected chi connectivity index (χ4v) is 1.87. The van der Waals surface area contributed by atoms with Gasteiger partial charge in [0.25, 0.3) is 0 Å². The molecule has 2 aromatic carbocycles. The number of nitrogen functional groups attached to an aromatic ring is 1. The average Bonchev–Trinajstić information content (AvgIpc) is 2.44. The topological polar surface area (TPSA) is 73.3 Å². The zero-order chi connectivity index (χ0) is 14.4. The molecule has 2 rings (SSSR count). The summed E-state index contributed by atoms with van der Waals surface area (Å²) in [6, 6.07) is 15.5. The van der Waals surface area contributed by atoms with Gasteiger partial charge in [-0.15, -0.1) is 0 Å². The minimum Gasteiger partial charge on any atom is -0.492 e. The standard InChI is InChI=1S/C16H21N3O/c1-12-5-4-6-14(9-12)20-11-13(17)10-19-16-8-3-2-7-15(16)18/h2-9,13,19H,10-11,17-18H2,1H3. The van der Waals surface area contributed by atoms with Crippen LogP contribution in [0, 0.1) is 6.92 Å². The molecule has 2 aromatic rings. The Labute approximate surface area is 119 Å². The summed E-state index contributed by atoms with van der Waals surface area (Å²) in [7, 11) is 0. The molecule has 1 atom stereocenters. The van der Waals surface area contributed by atoms with Crippen LogP contribution in [0.15, 0.2) is 48.5 Å². The third-order valence-corrected chi connectivity index (χ3v) is 2.97. The number of aryl methyl sites for hydroxylation is 1. The van der Waals surface area contributed by atoms with Crippen LogP contribution >= 0.6 is 0 Å². The number of para-hydroxylation sites is 2. The van der Waals surface area contributed by atoms with Crippen LogP contribution in [-0.2, 0) is 0 Å². The van der Waals surface area contributed by atoms with Crippen molar-refractivity contribution in [2.24, 2.45) is 5.73 Å². The van der Waals surface area contributed by atoms with Gasteiger partial charge >= 0.3 is 0 Å².